The van der Waals surface area contributed by atoms with Crippen LogP contribution in [0.1, 0.15) is 12.5 Å². The molecule has 3 aromatic rings. The van der Waals surface area contributed by atoms with Crippen molar-refractivity contribution in [2.75, 3.05) is 5.32 Å². The Morgan fingerprint density at radius 3 is 2.69 bits per heavy atom. The average molecular weight is 357 g/mol. The molecule has 0 fully saturated rings. The van der Waals surface area contributed by atoms with Gasteiger partial charge in [-0.05, 0) is 43.3 Å². The third-order valence-corrected chi connectivity index (χ3v) is 3.76. The summed E-state index contributed by atoms with van der Waals surface area (Å²) in [5.41, 5.74) is 1.45. The van der Waals surface area contributed by atoms with Crippen LogP contribution >= 0.6 is 0 Å². The highest BCUT2D eigenvalue weighted by Gasteiger charge is 2.19. The van der Waals surface area contributed by atoms with Crippen LogP contribution in [-0.2, 0) is 20.7 Å². The van der Waals surface area contributed by atoms with Crippen LogP contribution < -0.4 is 5.32 Å². The lowest BCUT2D eigenvalue weighted by atomic mass is 10.1. The first-order valence-electron chi connectivity index (χ1n) is 7.87. The molecular formula is C19H16FNO5. The fourth-order valence-electron chi connectivity index (χ4n) is 2.43. The lowest BCUT2D eigenvalue weighted by Crippen LogP contribution is -2.30. The molecule has 1 atom stereocenters. The normalized spacial score (nSPS) is 11.9. The smallest absolute Gasteiger partial charge is 0.311 e. The van der Waals surface area contributed by atoms with Gasteiger partial charge in [0, 0.05) is 22.7 Å². The van der Waals surface area contributed by atoms with Crippen LogP contribution in [0.2, 0.25) is 0 Å². The maximum Gasteiger partial charge on any atom is 0.311 e. The van der Waals surface area contributed by atoms with Crippen LogP contribution in [0.15, 0.2) is 53.1 Å². The maximum atomic E-state index is 12.9. The van der Waals surface area contributed by atoms with E-state index in [0.29, 0.717) is 22.2 Å². The van der Waals surface area contributed by atoms with Gasteiger partial charge in [-0.1, -0.05) is 0 Å². The third kappa shape index (κ3) is 4.00. The lowest BCUT2D eigenvalue weighted by molar-refractivity contribution is -0.152. The lowest BCUT2D eigenvalue weighted by Gasteiger charge is -2.13. The van der Waals surface area contributed by atoms with E-state index in [2.05, 4.69) is 5.32 Å². The van der Waals surface area contributed by atoms with E-state index in [1.54, 1.807) is 6.07 Å². The Morgan fingerprint density at radius 1 is 1.23 bits per heavy atom. The number of phenols is 1. The maximum absolute atomic E-state index is 12.9. The van der Waals surface area contributed by atoms with Crippen molar-refractivity contribution in [2.45, 2.75) is 19.4 Å². The van der Waals surface area contributed by atoms with Gasteiger partial charge in [0.1, 0.15) is 17.1 Å². The van der Waals surface area contributed by atoms with Gasteiger partial charge in [-0.15, -0.1) is 0 Å². The minimum absolute atomic E-state index is 0.0621. The van der Waals surface area contributed by atoms with E-state index in [-0.39, 0.29) is 12.2 Å². The molecule has 0 saturated carbocycles. The van der Waals surface area contributed by atoms with Crippen molar-refractivity contribution >= 4 is 28.5 Å². The number of rotatable bonds is 5. The van der Waals surface area contributed by atoms with Crippen LogP contribution in [-0.4, -0.2) is 23.1 Å². The van der Waals surface area contributed by atoms with Gasteiger partial charge in [-0.2, -0.15) is 0 Å². The second kappa shape index (κ2) is 7.26. The number of hydrogen-bond donors (Lipinski definition) is 2. The molecule has 2 aromatic carbocycles. The highest BCUT2D eigenvalue weighted by atomic mass is 19.1. The number of anilines is 1. The molecule has 0 aliphatic carbocycles. The van der Waals surface area contributed by atoms with Gasteiger partial charge in [0.15, 0.2) is 6.10 Å². The molecule has 0 saturated heterocycles. The predicted octanol–water partition coefficient (Wildman–Crippen LogP) is 3.39. The number of hydrogen-bond acceptors (Lipinski definition) is 5. The zero-order chi connectivity index (χ0) is 18.7. The largest absolute Gasteiger partial charge is 0.508 e. The zero-order valence-corrected chi connectivity index (χ0v) is 13.9. The van der Waals surface area contributed by atoms with Gasteiger partial charge < -0.3 is 19.6 Å². The molecule has 3 rings (SSSR count). The van der Waals surface area contributed by atoms with Gasteiger partial charge in [0.2, 0.25) is 0 Å². The molecule has 2 N–H and O–H groups in total. The summed E-state index contributed by atoms with van der Waals surface area (Å²) < 4.78 is 23.3. The Hall–Kier alpha value is -3.35. The number of carbonyl (C=O) groups is 2. The first-order valence-corrected chi connectivity index (χ1v) is 7.87. The predicted molar refractivity (Wildman–Crippen MR) is 92.2 cm³/mol. The third-order valence-electron chi connectivity index (χ3n) is 3.76. The van der Waals surface area contributed by atoms with Crippen LogP contribution in [0.25, 0.3) is 11.0 Å². The number of amides is 1. The Bertz CT molecular complexity index is 948. The highest BCUT2D eigenvalue weighted by molar-refractivity contribution is 5.95. The fraction of sp³-hybridized carbons (Fsp3) is 0.158. The van der Waals surface area contributed by atoms with Crippen LogP contribution in [0, 0.1) is 5.82 Å². The van der Waals surface area contributed by atoms with Gasteiger partial charge in [0.05, 0.1) is 12.7 Å². The molecule has 0 aliphatic rings. The Labute approximate surface area is 148 Å². The summed E-state index contributed by atoms with van der Waals surface area (Å²) in [6, 6.07) is 9.83. The monoisotopic (exact) mass is 357 g/mol. The number of phenolic OH excluding ortho intramolecular Hbond substituents is 1. The molecule has 6 nitrogen and oxygen atoms in total. The Morgan fingerprint density at radius 2 is 1.96 bits per heavy atom. The van der Waals surface area contributed by atoms with Crippen molar-refractivity contribution in [3.05, 3.63) is 60.1 Å². The Kier molecular flexibility index (Phi) is 4.88. The summed E-state index contributed by atoms with van der Waals surface area (Å²) in [6.45, 7) is 1.45. The van der Waals surface area contributed by atoms with E-state index in [4.69, 9.17) is 9.15 Å². The standard InChI is InChI=1S/C19H16FNO5/c1-11(19(24)21-14-4-2-13(20)3-5-14)26-18(23)8-12-10-25-17-9-15(22)6-7-16(12)17/h2-7,9-11,22H,8H2,1H3,(H,21,24)/t11-/m1/s1. The number of halogens is 1. The van der Waals surface area contributed by atoms with Gasteiger partial charge in [-0.3, -0.25) is 9.59 Å². The van der Waals surface area contributed by atoms with Crippen molar-refractivity contribution in [3.8, 4) is 5.75 Å². The number of ether oxygens (including phenoxy) is 1. The quantitative estimate of drug-likeness (QED) is 0.683. The highest BCUT2D eigenvalue weighted by Crippen LogP contribution is 2.25. The number of benzene rings is 2. The molecule has 1 aromatic heterocycles. The molecule has 134 valence electrons. The number of furan rings is 1. The number of esters is 1. The van der Waals surface area contributed by atoms with Crippen LogP contribution in [0.3, 0.4) is 0 Å². The molecular weight excluding hydrogens is 341 g/mol. The zero-order valence-electron chi connectivity index (χ0n) is 13.9. The first kappa shape index (κ1) is 17.5. The topological polar surface area (TPSA) is 88.8 Å². The van der Waals surface area contributed by atoms with Gasteiger partial charge in [-0.25, -0.2) is 4.39 Å². The average Bonchev–Trinajstić information content (AvgIpc) is 2.98. The molecule has 26 heavy (non-hydrogen) atoms. The van der Waals surface area contributed by atoms with Crippen LogP contribution in [0.5, 0.6) is 5.75 Å². The number of aromatic hydroxyl groups is 1. The number of carbonyl (C=O) groups excluding carboxylic acids is 2. The van der Waals surface area contributed by atoms with E-state index in [9.17, 15) is 19.1 Å². The summed E-state index contributed by atoms with van der Waals surface area (Å²) in [7, 11) is 0. The molecule has 1 amide bonds. The number of fused-ring (bicyclic) bond motifs is 1. The summed E-state index contributed by atoms with van der Waals surface area (Å²) >= 11 is 0. The van der Waals surface area contributed by atoms with E-state index in [1.807, 2.05) is 0 Å². The van der Waals surface area contributed by atoms with Crippen molar-refractivity contribution < 1.29 is 28.2 Å². The fourth-order valence-corrected chi connectivity index (χ4v) is 2.43. The summed E-state index contributed by atoms with van der Waals surface area (Å²) in [6.07, 6.45) is 0.315. The van der Waals surface area contributed by atoms with Gasteiger partial charge >= 0.3 is 5.97 Å². The van der Waals surface area contributed by atoms with E-state index in [1.165, 1.54) is 49.6 Å². The molecule has 0 radical (unpaired) electrons. The second-order valence-corrected chi connectivity index (χ2v) is 5.75. The molecule has 0 aliphatic heterocycles. The first-order chi connectivity index (χ1) is 12.4. The molecule has 0 unspecified atom stereocenters. The van der Waals surface area contributed by atoms with E-state index in [0.717, 1.165) is 0 Å². The minimum Gasteiger partial charge on any atom is -0.508 e. The Balaban J connectivity index is 1.59. The summed E-state index contributed by atoms with van der Waals surface area (Å²) in [5.74, 6) is -1.47. The molecule has 0 spiro atoms. The van der Waals surface area contributed by atoms with Gasteiger partial charge in [0.25, 0.3) is 5.91 Å². The SMILES string of the molecule is C[C@@H](OC(=O)Cc1coc2cc(O)ccc12)C(=O)Nc1ccc(F)cc1. The van der Waals surface area contributed by atoms with Crippen molar-refractivity contribution in [1.29, 1.82) is 0 Å². The summed E-state index contributed by atoms with van der Waals surface area (Å²) in [5, 5.41) is 12.6. The minimum atomic E-state index is -1.02. The van der Waals surface area contributed by atoms with Crippen molar-refractivity contribution in [3.63, 3.8) is 0 Å². The van der Waals surface area contributed by atoms with Crippen LogP contribution in [0.4, 0.5) is 10.1 Å². The van der Waals surface area contributed by atoms with E-state index < -0.39 is 23.8 Å². The van der Waals surface area contributed by atoms with E-state index >= 15 is 0 Å². The number of nitrogens with one attached hydrogen (secondary N) is 1. The summed E-state index contributed by atoms with van der Waals surface area (Å²) in [4.78, 5) is 24.1. The van der Waals surface area contributed by atoms with Crippen molar-refractivity contribution in [2.24, 2.45) is 0 Å². The second-order valence-electron chi connectivity index (χ2n) is 5.75. The van der Waals surface area contributed by atoms with Crippen molar-refractivity contribution in [1.82, 2.24) is 0 Å². The molecule has 1 heterocycles. The molecule has 7 heteroatoms. The molecule has 0 bridgehead atoms.